The van der Waals surface area contributed by atoms with E-state index in [2.05, 4.69) is 10.2 Å². The Bertz CT molecular complexity index is 937. The van der Waals surface area contributed by atoms with Crippen molar-refractivity contribution in [1.29, 1.82) is 0 Å². The number of methoxy groups -OCH3 is 1. The molecule has 142 valence electrons. The third-order valence-corrected chi connectivity index (χ3v) is 5.65. The number of fused-ring (bicyclic) bond motifs is 1. The van der Waals surface area contributed by atoms with E-state index in [9.17, 15) is 19.7 Å². The Balaban J connectivity index is 1.93. The molecule has 1 aromatic carbocycles. The van der Waals surface area contributed by atoms with E-state index in [-0.39, 0.29) is 11.3 Å². The minimum atomic E-state index is -0.490. The normalized spacial score (nSPS) is 13.7. The van der Waals surface area contributed by atoms with Crippen LogP contribution in [0.5, 0.6) is 0 Å². The smallest absolute Gasteiger partial charge is 0.341 e. The number of hydrogen-bond donors (Lipinski definition) is 1. The van der Waals surface area contributed by atoms with Gasteiger partial charge in [-0.2, -0.15) is 0 Å². The Morgan fingerprint density at radius 3 is 2.74 bits per heavy atom. The van der Waals surface area contributed by atoms with Gasteiger partial charge in [0, 0.05) is 35.2 Å². The Kier molecular flexibility index (Phi) is 5.24. The highest BCUT2D eigenvalue weighted by atomic mass is 32.1. The summed E-state index contributed by atoms with van der Waals surface area (Å²) in [5.41, 5.74) is 1.96. The molecule has 0 atom stereocenters. The first-order chi connectivity index (χ1) is 12.8. The van der Waals surface area contributed by atoms with Crippen molar-refractivity contribution in [2.45, 2.75) is 19.9 Å². The van der Waals surface area contributed by atoms with Crippen LogP contribution in [0.3, 0.4) is 0 Å². The first-order valence-corrected chi connectivity index (χ1v) is 9.11. The number of likely N-dealkylation sites (N-methyl/N-ethyl adjacent to an activating group) is 1. The Morgan fingerprint density at radius 2 is 2.11 bits per heavy atom. The molecule has 0 spiro atoms. The Labute approximate surface area is 159 Å². The minimum absolute atomic E-state index is 0.0450. The first-order valence-electron chi connectivity index (χ1n) is 8.29. The summed E-state index contributed by atoms with van der Waals surface area (Å²) in [5, 5.41) is 14.2. The lowest BCUT2D eigenvalue weighted by Crippen LogP contribution is -2.26. The highest BCUT2D eigenvalue weighted by Crippen LogP contribution is 2.37. The number of carbonyl (C=O) groups excluding carboxylic acids is 2. The summed E-state index contributed by atoms with van der Waals surface area (Å²) in [7, 11) is 3.31. The molecule has 0 fully saturated rings. The van der Waals surface area contributed by atoms with Gasteiger partial charge in [-0.1, -0.05) is 0 Å². The molecular formula is C18H19N3O5S. The number of nitro groups is 1. The van der Waals surface area contributed by atoms with Crippen LogP contribution in [0.15, 0.2) is 18.2 Å². The quantitative estimate of drug-likeness (QED) is 0.490. The molecule has 0 unspecified atom stereocenters. The second kappa shape index (κ2) is 7.45. The molecule has 1 N–H and O–H groups in total. The molecule has 8 nitrogen and oxygen atoms in total. The molecule has 0 aliphatic carbocycles. The van der Waals surface area contributed by atoms with Crippen LogP contribution in [-0.2, 0) is 17.7 Å². The van der Waals surface area contributed by atoms with Crippen LogP contribution in [0, 0.1) is 17.0 Å². The lowest BCUT2D eigenvalue weighted by Gasteiger charge is -2.22. The van der Waals surface area contributed by atoms with Crippen molar-refractivity contribution in [2.24, 2.45) is 0 Å². The SMILES string of the molecule is COC(=O)c1c(NC(=O)c2ccc([N+](=O)[O-])c(C)c2)sc2c1CCN(C)C2. The maximum atomic E-state index is 12.7. The van der Waals surface area contributed by atoms with Crippen LogP contribution in [0.4, 0.5) is 10.7 Å². The molecule has 2 heterocycles. The molecule has 0 saturated carbocycles. The summed E-state index contributed by atoms with van der Waals surface area (Å²) >= 11 is 1.36. The van der Waals surface area contributed by atoms with E-state index in [4.69, 9.17) is 4.74 Å². The van der Waals surface area contributed by atoms with Gasteiger partial charge in [0.05, 0.1) is 17.6 Å². The average Bonchev–Trinajstić information content (AvgIpc) is 2.97. The molecule has 27 heavy (non-hydrogen) atoms. The zero-order chi connectivity index (χ0) is 19.7. The largest absolute Gasteiger partial charge is 0.465 e. The highest BCUT2D eigenvalue weighted by Gasteiger charge is 2.28. The molecule has 1 aromatic heterocycles. The number of esters is 1. The molecule has 3 rings (SSSR count). The summed E-state index contributed by atoms with van der Waals surface area (Å²) in [4.78, 5) is 38.6. The lowest BCUT2D eigenvalue weighted by molar-refractivity contribution is -0.385. The molecule has 1 aliphatic rings. The minimum Gasteiger partial charge on any atom is -0.465 e. The number of ether oxygens (including phenoxy) is 1. The van der Waals surface area contributed by atoms with Crippen molar-refractivity contribution >= 4 is 33.9 Å². The van der Waals surface area contributed by atoms with E-state index in [1.165, 1.54) is 36.6 Å². The second-order valence-corrected chi connectivity index (χ2v) is 7.50. The number of rotatable bonds is 4. The Morgan fingerprint density at radius 1 is 1.37 bits per heavy atom. The van der Waals surface area contributed by atoms with E-state index in [1.807, 2.05) is 7.05 Å². The van der Waals surface area contributed by atoms with Gasteiger partial charge in [0.1, 0.15) is 5.00 Å². The van der Waals surface area contributed by atoms with Gasteiger partial charge < -0.3 is 15.0 Å². The zero-order valence-electron chi connectivity index (χ0n) is 15.2. The fourth-order valence-electron chi connectivity index (χ4n) is 3.11. The van der Waals surface area contributed by atoms with Crippen molar-refractivity contribution in [3.05, 3.63) is 55.4 Å². The average molecular weight is 389 g/mol. The van der Waals surface area contributed by atoms with E-state index in [0.717, 1.165) is 17.0 Å². The summed E-state index contributed by atoms with van der Waals surface area (Å²) in [6.07, 6.45) is 0.708. The summed E-state index contributed by atoms with van der Waals surface area (Å²) < 4.78 is 4.90. The van der Waals surface area contributed by atoms with E-state index in [1.54, 1.807) is 6.92 Å². The molecule has 1 amide bonds. The van der Waals surface area contributed by atoms with Gasteiger partial charge in [0.2, 0.25) is 0 Å². The molecule has 2 aromatic rings. The van der Waals surface area contributed by atoms with E-state index < -0.39 is 16.8 Å². The first kappa shape index (κ1) is 19.0. The topological polar surface area (TPSA) is 102 Å². The summed E-state index contributed by atoms with van der Waals surface area (Å²) in [5.74, 6) is -0.905. The predicted molar refractivity (Wildman–Crippen MR) is 101 cm³/mol. The van der Waals surface area contributed by atoms with Crippen LogP contribution in [-0.4, -0.2) is 42.4 Å². The number of anilines is 1. The number of nitro benzene ring substituents is 1. The number of nitrogens with one attached hydrogen (secondary N) is 1. The molecule has 1 aliphatic heterocycles. The fraction of sp³-hybridized carbons (Fsp3) is 0.333. The van der Waals surface area contributed by atoms with Crippen LogP contribution in [0.1, 0.15) is 36.7 Å². The number of carbonyl (C=O) groups is 2. The van der Waals surface area contributed by atoms with Gasteiger partial charge in [0.15, 0.2) is 0 Å². The van der Waals surface area contributed by atoms with Crippen molar-refractivity contribution < 1.29 is 19.2 Å². The number of thiophene rings is 1. The molecule has 0 saturated heterocycles. The summed E-state index contributed by atoms with van der Waals surface area (Å²) in [6, 6.07) is 4.17. The molecule has 0 bridgehead atoms. The maximum Gasteiger partial charge on any atom is 0.341 e. The molecule has 0 radical (unpaired) electrons. The van der Waals surface area contributed by atoms with Crippen molar-refractivity contribution in [1.82, 2.24) is 4.90 Å². The van der Waals surface area contributed by atoms with Gasteiger partial charge in [-0.25, -0.2) is 4.79 Å². The van der Waals surface area contributed by atoms with Crippen LogP contribution in [0.2, 0.25) is 0 Å². The van der Waals surface area contributed by atoms with Crippen molar-refractivity contribution in [2.75, 3.05) is 26.0 Å². The van der Waals surface area contributed by atoms with Gasteiger partial charge in [-0.3, -0.25) is 14.9 Å². The van der Waals surface area contributed by atoms with E-state index in [0.29, 0.717) is 29.1 Å². The number of benzene rings is 1. The van der Waals surface area contributed by atoms with Gasteiger partial charge in [0.25, 0.3) is 11.6 Å². The number of nitrogens with zero attached hydrogens (tertiary/aromatic N) is 2. The fourth-order valence-corrected chi connectivity index (χ4v) is 4.43. The standard InChI is InChI=1S/C18H19N3O5S/c1-10-8-11(4-5-13(10)21(24)25)16(22)19-17-15(18(23)26-3)12-6-7-20(2)9-14(12)27-17/h4-5,8H,6-7,9H2,1-3H3,(H,19,22). The van der Waals surface area contributed by atoms with E-state index >= 15 is 0 Å². The second-order valence-electron chi connectivity index (χ2n) is 6.40. The number of aryl methyl sites for hydroxylation is 1. The number of hydrogen-bond acceptors (Lipinski definition) is 7. The van der Waals surface area contributed by atoms with Gasteiger partial charge >= 0.3 is 5.97 Å². The van der Waals surface area contributed by atoms with Crippen LogP contribution in [0.25, 0.3) is 0 Å². The monoisotopic (exact) mass is 389 g/mol. The zero-order valence-corrected chi connectivity index (χ0v) is 16.0. The predicted octanol–water partition coefficient (Wildman–Crippen LogP) is 2.99. The maximum absolute atomic E-state index is 12.7. The van der Waals surface area contributed by atoms with Crippen molar-refractivity contribution in [3.63, 3.8) is 0 Å². The van der Waals surface area contributed by atoms with Gasteiger partial charge in [-0.05, 0) is 38.1 Å². The lowest BCUT2D eigenvalue weighted by atomic mass is 10.0. The molecular weight excluding hydrogens is 370 g/mol. The number of amides is 1. The molecule has 9 heteroatoms. The van der Waals surface area contributed by atoms with Crippen LogP contribution >= 0.6 is 11.3 Å². The van der Waals surface area contributed by atoms with Crippen molar-refractivity contribution in [3.8, 4) is 0 Å². The Hall–Kier alpha value is -2.78. The third kappa shape index (κ3) is 3.69. The third-order valence-electron chi connectivity index (χ3n) is 4.52. The van der Waals surface area contributed by atoms with Crippen LogP contribution < -0.4 is 5.32 Å². The highest BCUT2D eigenvalue weighted by molar-refractivity contribution is 7.17. The van der Waals surface area contributed by atoms with Gasteiger partial charge in [-0.15, -0.1) is 11.3 Å². The summed E-state index contributed by atoms with van der Waals surface area (Å²) in [6.45, 7) is 3.10.